The molecule has 3 atom stereocenters. The van der Waals surface area contributed by atoms with Gasteiger partial charge >= 0.3 is 17.9 Å². The largest absolute Gasteiger partial charge is 0.464 e. The average Bonchev–Trinajstić information content (AvgIpc) is 3.30. The van der Waals surface area contributed by atoms with Gasteiger partial charge in [-0.15, -0.1) is 0 Å². The van der Waals surface area contributed by atoms with E-state index in [0.29, 0.717) is 11.1 Å². The Labute approximate surface area is 226 Å². The number of ether oxygens (including phenoxy) is 3. The summed E-state index contributed by atoms with van der Waals surface area (Å²) in [5.74, 6) is -2.98. The first-order chi connectivity index (χ1) is 17.2. The van der Waals surface area contributed by atoms with E-state index in [1.54, 1.807) is 41.5 Å². The van der Waals surface area contributed by atoms with Crippen molar-refractivity contribution in [3.8, 4) is 0 Å². The smallest absolute Gasteiger partial charge is 0.327 e. The number of esters is 3. The third-order valence-electron chi connectivity index (χ3n) is 6.69. The van der Waals surface area contributed by atoms with Gasteiger partial charge in [0.05, 0.1) is 12.6 Å². The lowest BCUT2D eigenvalue weighted by Crippen LogP contribution is -2.54. The molecule has 37 heavy (non-hydrogen) atoms. The molecule has 4 rings (SSSR count). The highest BCUT2D eigenvalue weighted by Crippen LogP contribution is 2.61. The first-order valence-electron chi connectivity index (χ1n) is 12.4. The molecule has 2 aliphatic heterocycles. The van der Waals surface area contributed by atoms with Crippen molar-refractivity contribution in [1.82, 2.24) is 5.32 Å². The Hall–Kier alpha value is -2.71. The van der Waals surface area contributed by atoms with Gasteiger partial charge in [0.15, 0.2) is 5.41 Å². The van der Waals surface area contributed by atoms with Gasteiger partial charge in [0.25, 0.3) is 0 Å². The Bertz CT molecular complexity index is 1170. The molecule has 1 spiro atoms. The second-order valence-corrected chi connectivity index (χ2v) is 12.6. The summed E-state index contributed by atoms with van der Waals surface area (Å²) in [6, 6.07) is 15.6. The minimum Gasteiger partial charge on any atom is -0.464 e. The zero-order chi connectivity index (χ0) is 27.2. The van der Waals surface area contributed by atoms with Gasteiger partial charge < -0.3 is 14.2 Å². The van der Waals surface area contributed by atoms with Crippen molar-refractivity contribution >= 4 is 33.8 Å². The topological polar surface area (TPSA) is 90.9 Å². The summed E-state index contributed by atoms with van der Waals surface area (Å²) in [5.41, 5.74) is -3.81. The molecule has 198 valence electrons. The van der Waals surface area contributed by atoms with Crippen LogP contribution in [0.5, 0.6) is 0 Å². The fourth-order valence-electron chi connectivity index (χ4n) is 5.44. The monoisotopic (exact) mass is 571 g/mol. The Morgan fingerprint density at radius 2 is 1.49 bits per heavy atom. The average molecular weight is 572 g/mol. The molecular weight excluding hydrogens is 538 g/mol. The number of nitrogens with one attached hydrogen (secondary N) is 1. The third kappa shape index (κ3) is 4.93. The first-order valence-corrected chi connectivity index (χ1v) is 13.2. The molecule has 2 fully saturated rings. The maximum absolute atomic E-state index is 14.5. The van der Waals surface area contributed by atoms with Crippen molar-refractivity contribution < 1.29 is 28.6 Å². The summed E-state index contributed by atoms with van der Waals surface area (Å²) in [6.45, 7) is 10.7. The summed E-state index contributed by atoms with van der Waals surface area (Å²) in [4.78, 5) is 42.5. The molecule has 2 aromatic rings. The van der Waals surface area contributed by atoms with E-state index in [1.165, 1.54) is 0 Å². The lowest BCUT2D eigenvalue weighted by Gasteiger charge is -2.40. The Morgan fingerprint density at radius 1 is 0.919 bits per heavy atom. The highest BCUT2D eigenvalue weighted by Gasteiger charge is 2.76. The molecule has 1 unspecified atom stereocenters. The van der Waals surface area contributed by atoms with E-state index in [0.717, 1.165) is 4.47 Å². The lowest BCUT2D eigenvalue weighted by atomic mass is 9.62. The van der Waals surface area contributed by atoms with Gasteiger partial charge in [-0.2, -0.15) is 0 Å². The van der Waals surface area contributed by atoms with E-state index in [2.05, 4.69) is 21.2 Å². The van der Waals surface area contributed by atoms with E-state index in [1.807, 2.05) is 54.6 Å². The summed E-state index contributed by atoms with van der Waals surface area (Å²) >= 11 is 3.52. The second-order valence-electron chi connectivity index (χ2n) is 11.7. The Balaban J connectivity index is 2.10. The molecule has 0 amide bonds. The van der Waals surface area contributed by atoms with Crippen molar-refractivity contribution in [2.75, 3.05) is 6.61 Å². The van der Waals surface area contributed by atoms with Gasteiger partial charge in [-0.25, -0.2) is 0 Å². The molecule has 8 heteroatoms. The van der Waals surface area contributed by atoms with Gasteiger partial charge in [-0.1, -0.05) is 58.4 Å². The van der Waals surface area contributed by atoms with Crippen LogP contribution in [-0.4, -0.2) is 41.3 Å². The van der Waals surface area contributed by atoms with Crippen molar-refractivity contribution in [2.24, 2.45) is 5.41 Å². The number of hydrogen-bond acceptors (Lipinski definition) is 7. The number of rotatable bonds is 4. The molecule has 7 nitrogen and oxygen atoms in total. The molecule has 2 saturated heterocycles. The predicted molar refractivity (Wildman–Crippen MR) is 142 cm³/mol. The molecule has 0 aromatic heterocycles. The summed E-state index contributed by atoms with van der Waals surface area (Å²) in [5, 5.41) is 3.43. The van der Waals surface area contributed by atoms with Crippen LogP contribution in [0.2, 0.25) is 0 Å². The molecule has 0 saturated carbocycles. The normalized spacial score (nSPS) is 25.1. The van der Waals surface area contributed by atoms with Gasteiger partial charge in [0.1, 0.15) is 16.7 Å². The maximum Gasteiger partial charge on any atom is 0.327 e. The summed E-state index contributed by atoms with van der Waals surface area (Å²) in [6.07, 6.45) is 0.277. The van der Waals surface area contributed by atoms with Crippen LogP contribution in [-0.2, 0) is 28.6 Å². The number of carbonyl (C=O) groups excluding carboxylic acids is 3. The van der Waals surface area contributed by atoms with E-state index in [-0.39, 0.29) is 13.0 Å². The van der Waals surface area contributed by atoms with E-state index < -0.39 is 52.0 Å². The van der Waals surface area contributed by atoms with Crippen LogP contribution >= 0.6 is 15.9 Å². The van der Waals surface area contributed by atoms with E-state index >= 15 is 0 Å². The van der Waals surface area contributed by atoms with Crippen LogP contribution in [0.3, 0.4) is 0 Å². The number of hydrogen-bond donors (Lipinski definition) is 1. The number of benzene rings is 2. The highest BCUT2D eigenvalue weighted by atomic mass is 79.9. The maximum atomic E-state index is 14.5. The predicted octanol–water partition coefficient (Wildman–Crippen LogP) is 5.23. The molecule has 2 aromatic carbocycles. The number of cyclic esters (lactones) is 1. The Morgan fingerprint density at radius 3 is 1.97 bits per heavy atom. The lowest BCUT2D eigenvalue weighted by molar-refractivity contribution is -0.188. The molecule has 1 N–H and O–H groups in total. The standard InChI is InChI=1S/C29H34BrNO6/c1-26(2,3)36-24(33)29(25(34)37-27(4,5)6)21(19-13-10-14-20(30)17-19)28(15-16-35-23(28)32)31-22(29)18-11-8-7-9-12-18/h7-14,17,21-22,31H,15-16H2,1-6H3/t21?,22-,28-/m1/s1. The fraction of sp³-hybridized carbons (Fsp3) is 0.483. The fourth-order valence-corrected chi connectivity index (χ4v) is 5.86. The highest BCUT2D eigenvalue weighted by molar-refractivity contribution is 9.10. The molecule has 0 bridgehead atoms. The molecule has 2 heterocycles. The van der Waals surface area contributed by atoms with Crippen molar-refractivity contribution in [3.05, 3.63) is 70.2 Å². The third-order valence-corrected chi connectivity index (χ3v) is 7.18. The van der Waals surface area contributed by atoms with Crippen molar-refractivity contribution in [3.63, 3.8) is 0 Å². The van der Waals surface area contributed by atoms with E-state index in [9.17, 15) is 14.4 Å². The number of carbonyl (C=O) groups is 3. The van der Waals surface area contributed by atoms with Crippen LogP contribution in [0.4, 0.5) is 0 Å². The van der Waals surface area contributed by atoms with Crippen LogP contribution in [0.1, 0.15) is 71.0 Å². The van der Waals surface area contributed by atoms with Gasteiger partial charge in [0, 0.05) is 16.8 Å². The molecule has 0 aliphatic carbocycles. The van der Waals surface area contributed by atoms with Crippen LogP contribution in [0, 0.1) is 5.41 Å². The number of halogens is 1. The molecule has 2 aliphatic rings. The van der Waals surface area contributed by atoms with Gasteiger partial charge in [-0.3, -0.25) is 19.7 Å². The van der Waals surface area contributed by atoms with Gasteiger partial charge in [-0.05, 0) is 64.8 Å². The quantitative estimate of drug-likeness (QED) is 0.305. The van der Waals surface area contributed by atoms with Crippen molar-refractivity contribution in [1.29, 1.82) is 0 Å². The minimum atomic E-state index is -1.94. The SMILES string of the molecule is CC(C)(C)OC(=O)C1(C(=O)OC(C)(C)C)C(c2cccc(Br)c2)[C@@]2(CCOC2=O)N[C@@H]1c1ccccc1. The summed E-state index contributed by atoms with van der Waals surface area (Å²) < 4.78 is 18.2. The Kier molecular flexibility index (Phi) is 7.05. The molecular formula is C29H34BrNO6. The zero-order valence-corrected chi connectivity index (χ0v) is 23.7. The minimum absolute atomic E-state index is 0.163. The van der Waals surface area contributed by atoms with Crippen LogP contribution < -0.4 is 5.32 Å². The van der Waals surface area contributed by atoms with Crippen LogP contribution in [0.25, 0.3) is 0 Å². The molecule has 0 radical (unpaired) electrons. The van der Waals surface area contributed by atoms with Crippen LogP contribution in [0.15, 0.2) is 59.1 Å². The van der Waals surface area contributed by atoms with Gasteiger partial charge in [0.2, 0.25) is 0 Å². The zero-order valence-electron chi connectivity index (χ0n) is 22.1. The summed E-state index contributed by atoms with van der Waals surface area (Å²) in [7, 11) is 0. The first kappa shape index (κ1) is 27.3. The van der Waals surface area contributed by atoms with E-state index in [4.69, 9.17) is 14.2 Å². The second kappa shape index (κ2) is 9.55. The van der Waals surface area contributed by atoms with Crippen molar-refractivity contribution in [2.45, 2.75) is 76.7 Å².